The maximum Gasteiger partial charge on any atom is 0.120 e. The number of phenols is 1. The molecule has 0 aromatic heterocycles. The van der Waals surface area contributed by atoms with E-state index in [-0.39, 0.29) is 5.75 Å². The Bertz CT molecular complexity index is 584. The molecule has 4 heteroatoms. The minimum atomic E-state index is 0.282. The predicted octanol–water partition coefficient (Wildman–Crippen LogP) is 2.74. The van der Waals surface area contributed by atoms with Gasteiger partial charge >= 0.3 is 0 Å². The number of hydrogen-bond acceptors (Lipinski definition) is 4. The fraction of sp³-hybridized carbons (Fsp3) is 0.294. The Labute approximate surface area is 125 Å². The molecule has 0 heterocycles. The Morgan fingerprint density at radius 3 is 2.52 bits per heavy atom. The van der Waals surface area contributed by atoms with Crippen LogP contribution in [-0.2, 0) is 13.0 Å². The first-order valence-electron chi connectivity index (χ1n) is 6.92. The van der Waals surface area contributed by atoms with Gasteiger partial charge in [0.1, 0.15) is 17.2 Å². The number of phenolic OH excluding ortho intramolecular Hbond substituents is 1. The van der Waals surface area contributed by atoms with Crippen molar-refractivity contribution in [3.63, 3.8) is 0 Å². The lowest BCUT2D eigenvalue weighted by Gasteiger charge is -2.09. The van der Waals surface area contributed by atoms with Gasteiger partial charge in [0, 0.05) is 12.1 Å². The number of nitrogens with one attached hydrogen (secondary N) is 1. The maximum atomic E-state index is 9.80. The van der Waals surface area contributed by atoms with Gasteiger partial charge in [0.05, 0.1) is 14.2 Å². The van der Waals surface area contributed by atoms with Crippen LogP contribution in [0.15, 0.2) is 42.5 Å². The molecular formula is C17H21NO3. The SMILES string of the molecule is COc1cccc(CCNCc2cc(OC)ccc2O)c1. The summed E-state index contributed by atoms with van der Waals surface area (Å²) in [7, 11) is 3.29. The first-order chi connectivity index (χ1) is 10.2. The molecule has 2 N–H and O–H groups in total. The fourth-order valence-electron chi connectivity index (χ4n) is 2.11. The Morgan fingerprint density at radius 2 is 1.76 bits per heavy atom. The lowest BCUT2D eigenvalue weighted by Crippen LogP contribution is -2.16. The lowest BCUT2D eigenvalue weighted by atomic mass is 10.1. The molecule has 0 saturated carbocycles. The van der Waals surface area contributed by atoms with E-state index >= 15 is 0 Å². The maximum absolute atomic E-state index is 9.80. The van der Waals surface area contributed by atoms with Gasteiger partial charge < -0.3 is 19.9 Å². The third-order valence-corrected chi connectivity index (χ3v) is 3.33. The van der Waals surface area contributed by atoms with Crippen LogP contribution in [0, 0.1) is 0 Å². The molecular weight excluding hydrogens is 266 g/mol. The molecule has 0 amide bonds. The minimum absolute atomic E-state index is 0.282. The van der Waals surface area contributed by atoms with Crippen LogP contribution < -0.4 is 14.8 Å². The Hall–Kier alpha value is -2.20. The summed E-state index contributed by atoms with van der Waals surface area (Å²) < 4.78 is 10.4. The van der Waals surface area contributed by atoms with Crippen molar-refractivity contribution in [2.45, 2.75) is 13.0 Å². The van der Waals surface area contributed by atoms with Crippen LogP contribution in [0.5, 0.6) is 17.2 Å². The summed E-state index contributed by atoms with van der Waals surface area (Å²) in [4.78, 5) is 0. The number of aromatic hydroxyl groups is 1. The third kappa shape index (κ3) is 4.39. The van der Waals surface area contributed by atoms with Gasteiger partial charge in [0.25, 0.3) is 0 Å². The highest BCUT2D eigenvalue weighted by Gasteiger charge is 2.03. The van der Waals surface area contributed by atoms with Crippen LogP contribution in [0.3, 0.4) is 0 Å². The molecule has 2 aromatic rings. The topological polar surface area (TPSA) is 50.7 Å². The van der Waals surface area contributed by atoms with E-state index in [2.05, 4.69) is 11.4 Å². The third-order valence-electron chi connectivity index (χ3n) is 3.33. The highest BCUT2D eigenvalue weighted by Crippen LogP contribution is 2.22. The zero-order chi connectivity index (χ0) is 15.1. The molecule has 2 rings (SSSR count). The Kier molecular flexibility index (Phi) is 5.46. The number of methoxy groups -OCH3 is 2. The first-order valence-corrected chi connectivity index (χ1v) is 6.92. The summed E-state index contributed by atoms with van der Waals surface area (Å²) in [6.07, 6.45) is 0.905. The van der Waals surface area contributed by atoms with Crippen LogP contribution in [0.2, 0.25) is 0 Å². The number of hydrogen-bond donors (Lipinski definition) is 2. The van der Waals surface area contributed by atoms with Crippen LogP contribution in [-0.4, -0.2) is 25.9 Å². The molecule has 0 radical (unpaired) electrons. The zero-order valence-electron chi connectivity index (χ0n) is 12.4. The largest absolute Gasteiger partial charge is 0.508 e. The van der Waals surface area contributed by atoms with Crippen LogP contribution in [0.1, 0.15) is 11.1 Å². The number of ether oxygens (including phenoxy) is 2. The zero-order valence-corrected chi connectivity index (χ0v) is 12.4. The van der Waals surface area contributed by atoms with Crippen molar-refractivity contribution in [1.82, 2.24) is 5.32 Å². The standard InChI is InChI=1S/C17H21NO3/c1-20-15-5-3-4-13(10-15)8-9-18-12-14-11-16(21-2)6-7-17(14)19/h3-7,10-11,18-19H,8-9,12H2,1-2H3. The monoisotopic (exact) mass is 287 g/mol. The second-order valence-electron chi connectivity index (χ2n) is 4.77. The second kappa shape index (κ2) is 7.55. The average molecular weight is 287 g/mol. The fourth-order valence-corrected chi connectivity index (χ4v) is 2.11. The van der Waals surface area contributed by atoms with Crippen molar-refractivity contribution >= 4 is 0 Å². The molecule has 0 bridgehead atoms. The quantitative estimate of drug-likeness (QED) is 0.769. The van der Waals surface area contributed by atoms with Crippen molar-refractivity contribution in [2.75, 3.05) is 20.8 Å². The molecule has 112 valence electrons. The lowest BCUT2D eigenvalue weighted by molar-refractivity contribution is 0.410. The van der Waals surface area contributed by atoms with E-state index in [1.54, 1.807) is 26.4 Å². The molecule has 0 aliphatic rings. The van der Waals surface area contributed by atoms with Gasteiger partial charge in [-0.15, -0.1) is 0 Å². The predicted molar refractivity (Wildman–Crippen MR) is 83.1 cm³/mol. The van der Waals surface area contributed by atoms with Gasteiger partial charge in [0.2, 0.25) is 0 Å². The molecule has 4 nitrogen and oxygen atoms in total. The molecule has 0 saturated heterocycles. The normalized spacial score (nSPS) is 10.4. The Balaban J connectivity index is 1.84. The minimum Gasteiger partial charge on any atom is -0.508 e. The van der Waals surface area contributed by atoms with Crippen LogP contribution >= 0.6 is 0 Å². The van der Waals surface area contributed by atoms with E-state index in [9.17, 15) is 5.11 Å². The summed E-state index contributed by atoms with van der Waals surface area (Å²) >= 11 is 0. The smallest absolute Gasteiger partial charge is 0.120 e. The highest BCUT2D eigenvalue weighted by atomic mass is 16.5. The van der Waals surface area contributed by atoms with Crippen molar-refractivity contribution in [1.29, 1.82) is 0 Å². The van der Waals surface area contributed by atoms with Gasteiger partial charge in [-0.25, -0.2) is 0 Å². The molecule has 0 unspecified atom stereocenters. The molecule has 0 aliphatic heterocycles. The summed E-state index contributed by atoms with van der Waals surface area (Å²) in [5, 5.41) is 13.1. The van der Waals surface area contributed by atoms with Crippen LogP contribution in [0.25, 0.3) is 0 Å². The first kappa shape index (κ1) is 15.2. The van der Waals surface area contributed by atoms with E-state index in [1.165, 1.54) is 5.56 Å². The van der Waals surface area contributed by atoms with Crippen molar-refractivity contribution in [3.8, 4) is 17.2 Å². The van der Waals surface area contributed by atoms with E-state index in [4.69, 9.17) is 9.47 Å². The summed E-state index contributed by atoms with van der Waals surface area (Å²) in [5.74, 6) is 1.90. The van der Waals surface area contributed by atoms with E-state index in [0.29, 0.717) is 6.54 Å². The average Bonchev–Trinajstić information content (AvgIpc) is 2.53. The second-order valence-corrected chi connectivity index (χ2v) is 4.77. The van der Waals surface area contributed by atoms with Gasteiger partial charge in [0.15, 0.2) is 0 Å². The summed E-state index contributed by atoms with van der Waals surface area (Å²) in [5.41, 5.74) is 2.05. The number of benzene rings is 2. The summed E-state index contributed by atoms with van der Waals surface area (Å²) in [6.45, 7) is 1.43. The summed E-state index contributed by atoms with van der Waals surface area (Å²) in [6, 6.07) is 13.3. The molecule has 21 heavy (non-hydrogen) atoms. The highest BCUT2D eigenvalue weighted by molar-refractivity contribution is 5.39. The van der Waals surface area contributed by atoms with Gasteiger partial charge in [-0.05, 0) is 48.9 Å². The van der Waals surface area contributed by atoms with E-state index in [1.807, 2.05) is 24.3 Å². The van der Waals surface area contributed by atoms with E-state index in [0.717, 1.165) is 30.0 Å². The van der Waals surface area contributed by atoms with Gasteiger partial charge in [-0.3, -0.25) is 0 Å². The van der Waals surface area contributed by atoms with Crippen molar-refractivity contribution in [3.05, 3.63) is 53.6 Å². The molecule has 0 atom stereocenters. The van der Waals surface area contributed by atoms with E-state index < -0.39 is 0 Å². The van der Waals surface area contributed by atoms with Gasteiger partial charge in [-0.1, -0.05) is 12.1 Å². The van der Waals surface area contributed by atoms with Crippen molar-refractivity contribution < 1.29 is 14.6 Å². The molecule has 0 spiro atoms. The Morgan fingerprint density at radius 1 is 1.00 bits per heavy atom. The number of rotatable bonds is 7. The molecule has 0 fully saturated rings. The van der Waals surface area contributed by atoms with Crippen LogP contribution in [0.4, 0.5) is 0 Å². The van der Waals surface area contributed by atoms with Gasteiger partial charge in [-0.2, -0.15) is 0 Å². The van der Waals surface area contributed by atoms with Crippen molar-refractivity contribution in [2.24, 2.45) is 0 Å². The molecule has 0 aliphatic carbocycles. The molecule has 2 aromatic carbocycles.